The number of fused-ring (bicyclic) bond motifs is 6. The van der Waals surface area contributed by atoms with Crippen molar-refractivity contribution < 1.29 is 22.6 Å². The van der Waals surface area contributed by atoms with Crippen LogP contribution >= 0.6 is 0 Å². The van der Waals surface area contributed by atoms with E-state index in [1.165, 1.54) is 0 Å². The second-order valence-corrected chi connectivity index (χ2v) is 7.60. The predicted molar refractivity (Wildman–Crippen MR) is 97.6 cm³/mol. The van der Waals surface area contributed by atoms with Crippen LogP contribution in [0.25, 0.3) is 0 Å². The van der Waals surface area contributed by atoms with Gasteiger partial charge in [-0.3, -0.25) is 0 Å². The van der Waals surface area contributed by atoms with Crippen LogP contribution in [0.15, 0.2) is 6.20 Å². The molecule has 3 aliphatic rings. The van der Waals surface area contributed by atoms with Gasteiger partial charge in [-0.25, -0.2) is 9.67 Å². The second-order valence-electron chi connectivity index (χ2n) is 7.60. The van der Waals surface area contributed by atoms with Crippen LogP contribution in [0, 0.1) is 6.92 Å². The molecular weight excluding hydrogens is 389 g/mol. The van der Waals surface area contributed by atoms with E-state index < -0.39 is 11.7 Å². The Morgan fingerprint density at radius 2 is 2.10 bits per heavy atom. The van der Waals surface area contributed by atoms with Gasteiger partial charge in [-0.2, -0.15) is 23.3 Å². The first kappa shape index (κ1) is 18.5. The Kier molecular flexibility index (Phi) is 4.30. The number of morpholine rings is 1. The molecule has 2 aromatic rings. The van der Waals surface area contributed by atoms with Crippen LogP contribution in [0.3, 0.4) is 0 Å². The lowest BCUT2D eigenvalue weighted by atomic mass is 9.93. The van der Waals surface area contributed by atoms with Crippen LogP contribution < -0.4 is 15.0 Å². The lowest BCUT2D eigenvalue weighted by Gasteiger charge is -2.34. The second kappa shape index (κ2) is 6.75. The fourth-order valence-corrected chi connectivity index (χ4v) is 3.88. The van der Waals surface area contributed by atoms with Crippen molar-refractivity contribution in [1.82, 2.24) is 19.7 Å². The van der Waals surface area contributed by atoms with E-state index in [2.05, 4.69) is 20.4 Å². The van der Waals surface area contributed by atoms with Crippen molar-refractivity contribution in [1.29, 1.82) is 0 Å². The average molecular weight is 410 g/mol. The van der Waals surface area contributed by atoms with Crippen LogP contribution in [0.4, 0.5) is 30.8 Å². The van der Waals surface area contributed by atoms with E-state index in [-0.39, 0.29) is 37.1 Å². The zero-order chi connectivity index (χ0) is 20.2. The molecule has 4 bridgehead atoms. The summed E-state index contributed by atoms with van der Waals surface area (Å²) in [5.41, 5.74) is -0.147. The van der Waals surface area contributed by atoms with Crippen LogP contribution in [-0.2, 0) is 10.9 Å². The lowest BCUT2D eigenvalue weighted by molar-refractivity contribution is -0.137. The van der Waals surface area contributed by atoms with Crippen LogP contribution in [0.2, 0.25) is 0 Å². The summed E-state index contributed by atoms with van der Waals surface area (Å²) >= 11 is 0. The minimum absolute atomic E-state index is 0.0864. The first-order chi connectivity index (χ1) is 13.9. The van der Waals surface area contributed by atoms with Crippen molar-refractivity contribution in [3.05, 3.63) is 17.5 Å². The van der Waals surface area contributed by atoms with Gasteiger partial charge in [-0.15, -0.1) is 0 Å². The highest BCUT2D eigenvalue weighted by Gasteiger charge is 2.39. The number of hydrogen-bond acceptors (Lipinski definition) is 7. The number of hydrogen-bond donors (Lipinski definition) is 1. The molecule has 4 heterocycles. The third kappa shape index (κ3) is 3.26. The number of anilines is 3. The average Bonchev–Trinajstić information content (AvgIpc) is 2.92. The predicted octanol–water partition coefficient (Wildman–Crippen LogP) is 3.07. The number of halogens is 3. The summed E-state index contributed by atoms with van der Waals surface area (Å²) in [7, 11) is 0. The molecule has 0 amide bonds. The summed E-state index contributed by atoms with van der Waals surface area (Å²) in [6.07, 6.45) is -0.981. The minimum Gasteiger partial charge on any atom is -0.485 e. The molecule has 2 aliphatic heterocycles. The number of nitrogens with zero attached hydrogens (tertiary/aromatic N) is 5. The van der Waals surface area contributed by atoms with Gasteiger partial charge in [0.1, 0.15) is 29.8 Å². The van der Waals surface area contributed by atoms with E-state index in [4.69, 9.17) is 9.47 Å². The monoisotopic (exact) mass is 410 g/mol. The quantitative estimate of drug-likeness (QED) is 0.774. The van der Waals surface area contributed by atoms with Crippen LogP contribution in [0.1, 0.15) is 36.6 Å². The van der Waals surface area contributed by atoms with Gasteiger partial charge in [0.15, 0.2) is 11.6 Å². The van der Waals surface area contributed by atoms with E-state index in [1.54, 1.807) is 4.90 Å². The van der Waals surface area contributed by atoms with E-state index >= 15 is 0 Å². The van der Waals surface area contributed by atoms with Crippen molar-refractivity contribution in [3.8, 4) is 5.75 Å². The number of ether oxygens (including phenoxy) is 2. The summed E-state index contributed by atoms with van der Waals surface area (Å²) in [5.74, 6) is 1.08. The third-order valence-corrected chi connectivity index (χ3v) is 5.61. The molecule has 0 unspecified atom stereocenters. The van der Waals surface area contributed by atoms with Gasteiger partial charge in [0.05, 0.1) is 12.6 Å². The maximum absolute atomic E-state index is 13.6. The summed E-state index contributed by atoms with van der Waals surface area (Å²) < 4.78 is 54.3. The normalized spacial score (nSPS) is 22.1. The Morgan fingerprint density at radius 3 is 2.83 bits per heavy atom. The Labute approximate surface area is 165 Å². The van der Waals surface area contributed by atoms with Gasteiger partial charge in [0, 0.05) is 19.3 Å². The maximum Gasteiger partial charge on any atom is 0.421 e. The Balaban J connectivity index is 1.63. The molecule has 0 aromatic carbocycles. The highest BCUT2D eigenvalue weighted by molar-refractivity contribution is 5.62. The number of rotatable bonds is 1. The van der Waals surface area contributed by atoms with Gasteiger partial charge < -0.3 is 19.7 Å². The molecule has 1 N–H and O–H groups in total. The molecule has 11 heteroatoms. The van der Waals surface area contributed by atoms with Gasteiger partial charge in [-0.05, 0) is 26.2 Å². The topological polar surface area (TPSA) is 77.3 Å². The molecular formula is C18H21F3N6O2. The van der Waals surface area contributed by atoms with Crippen LogP contribution in [-0.4, -0.2) is 52.2 Å². The molecule has 29 heavy (non-hydrogen) atoms. The van der Waals surface area contributed by atoms with Crippen molar-refractivity contribution in [2.75, 3.05) is 36.5 Å². The van der Waals surface area contributed by atoms with Crippen molar-refractivity contribution >= 4 is 17.6 Å². The summed E-state index contributed by atoms with van der Waals surface area (Å²) in [4.78, 5) is 9.78. The molecule has 8 nitrogen and oxygen atoms in total. The minimum atomic E-state index is -4.55. The molecule has 156 valence electrons. The van der Waals surface area contributed by atoms with E-state index in [9.17, 15) is 13.2 Å². The Hall–Kier alpha value is -2.56. The molecule has 1 saturated heterocycles. The molecule has 2 fully saturated rings. The molecule has 0 spiro atoms. The molecule has 1 atom stereocenters. The van der Waals surface area contributed by atoms with Crippen molar-refractivity contribution in [2.24, 2.45) is 0 Å². The van der Waals surface area contributed by atoms with Gasteiger partial charge in [0.2, 0.25) is 5.95 Å². The first-order valence-electron chi connectivity index (χ1n) is 9.70. The number of alkyl halides is 3. The third-order valence-electron chi connectivity index (χ3n) is 5.61. The molecule has 1 saturated carbocycles. The maximum atomic E-state index is 13.6. The summed E-state index contributed by atoms with van der Waals surface area (Å²) in [5, 5.41) is 7.68. The zero-order valence-electron chi connectivity index (χ0n) is 15.9. The standard InChI is InChI=1S/C18H21F3N6O2/c1-10-14-16(27(25-10)11-3-2-4-11)24-17-22-7-13(18(19,20)21)15(23-17)26-5-6-28-12(8-26)9-29-14/h7,11-12H,2-6,8-9H2,1H3,(H,22,23,24)/t12-/m0/s1. The van der Waals surface area contributed by atoms with Gasteiger partial charge >= 0.3 is 6.18 Å². The van der Waals surface area contributed by atoms with Crippen LogP contribution in [0.5, 0.6) is 5.75 Å². The molecule has 5 rings (SSSR count). The summed E-state index contributed by atoms with van der Waals surface area (Å²) in [6.45, 7) is 2.93. The number of aryl methyl sites for hydroxylation is 1. The van der Waals surface area contributed by atoms with E-state index in [0.717, 1.165) is 25.5 Å². The van der Waals surface area contributed by atoms with Gasteiger partial charge in [0.25, 0.3) is 0 Å². The summed E-state index contributed by atoms with van der Waals surface area (Å²) in [6, 6.07) is 0.229. The molecule has 1 aliphatic carbocycles. The van der Waals surface area contributed by atoms with E-state index in [1.807, 2.05) is 11.6 Å². The number of aromatic nitrogens is 4. The lowest BCUT2D eigenvalue weighted by Crippen LogP contribution is -2.46. The fourth-order valence-electron chi connectivity index (χ4n) is 3.88. The first-order valence-corrected chi connectivity index (χ1v) is 9.70. The van der Waals surface area contributed by atoms with Gasteiger partial charge in [-0.1, -0.05) is 0 Å². The largest absolute Gasteiger partial charge is 0.485 e. The Bertz CT molecular complexity index is 927. The highest BCUT2D eigenvalue weighted by Crippen LogP contribution is 2.41. The highest BCUT2D eigenvalue weighted by atomic mass is 19.4. The van der Waals surface area contributed by atoms with E-state index in [0.29, 0.717) is 30.4 Å². The zero-order valence-corrected chi connectivity index (χ0v) is 15.9. The fraction of sp³-hybridized carbons (Fsp3) is 0.611. The van der Waals surface area contributed by atoms with Crippen molar-refractivity contribution in [2.45, 2.75) is 44.5 Å². The molecule has 2 aromatic heterocycles. The SMILES string of the molecule is Cc1nn(C2CCC2)c2c1OC[C@@H]1CN(CCO1)c1nc(ncc1C(F)(F)F)N2. The smallest absolute Gasteiger partial charge is 0.421 e. The van der Waals surface area contributed by atoms with Crippen molar-refractivity contribution in [3.63, 3.8) is 0 Å². The number of nitrogens with one attached hydrogen (secondary N) is 1. The Morgan fingerprint density at radius 1 is 1.28 bits per heavy atom. The molecule has 0 radical (unpaired) electrons.